The minimum absolute atomic E-state index is 0.115. The van der Waals surface area contributed by atoms with E-state index in [1.54, 1.807) is 0 Å². The van der Waals surface area contributed by atoms with Gasteiger partial charge in [0.25, 0.3) is 0 Å². The van der Waals surface area contributed by atoms with E-state index in [4.69, 9.17) is 16.6 Å². The number of aryl methyl sites for hydroxylation is 2. The molecule has 0 unspecified atom stereocenters. The molecule has 8 heteroatoms. The summed E-state index contributed by atoms with van der Waals surface area (Å²) in [4.78, 5) is 26.3. The molecule has 0 radical (unpaired) electrons. The molecule has 134 valence electrons. The minimum Gasteiger partial charge on any atom is -0.302 e. The number of amides is 1. The lowest BCUT2D eigenvalue weighted by Crippen LogP contribution is -2.09. The number of thiazole rings is 1. The summed E-state index contributed by atoms with van der Waals surface area (Å²) in [7, 11) is 0. The molecule has 0 atom stereocenters. The lowest BCUT2D eigenvalue weighted by molar-refractivity contribution is -0.114. The molecule has 26 heavy (non-hydrogen) atoms. The van der Waals surface area contributed by atoms with Gasteiger partial charge in [-0.05, 0) is 31.2 Å². The van der Waals surface area contributed by atoms with Crippen molar-refractivity contribution in [3.8, 4) is 10.6 Å². The molecule has 0 saturated carbocycles. The molecule has 0 fully saturated rings. The topological polar surface area (TPSA) is 67.8 Å². The van der Waals surface area contributed by atoms with E-state index in [1.807, 2.05) is 6.20 Å². The summed E-state index contributed by atoms with van der Waals surface area (Å²) in [6, 6.07) is 0. The first kappa shape index (κ1) is 18.1. The van der Waals surface area contributed by atoms with Crippen molar-refractivity contribution in [2.24, 2.45) is 0 Å². The van der Waals surface area contributed by atoms with Crippen molar-refractivity contribution in [1.29, 1.82) is 0 Å². The first-order chi connectivity index (χ1) is 12.5. The van der Waals surface area contributed by atoms with Gasteiger partial charge in [-0.1, -0.05) is 57.2 Å². The summed E-state index contributed by atoms with van der Waals surface area (Å²) >= 11 is 10.3. The molecule has 4 rings (SSSR count). The van der Waals surface area contributed by atoms with Gasteiger partial charge in [0, 0.05) is 28.2 Å². The van der Waals surface area contributed by atoms with Gasteiger partial charge in [-0.2, -0.15) is 0 Å². The van der Waals surface area contributed by atoms with Crippen LogP contribution in [0.3, 0.4) is 0 Å². The van der Waals surface area contributed by atoms with Gasteiger partial charge in [-0.25, -0.2) is 15.0 Å². The number of fused-ring (bicyclic) bond motifs is 3. The zero-order valence-electron chi connectivity index (χ0n) is 14.1. The van der Waals surface area contributed by atoms with Crippen LogP contribution in [0.5, 0.6) is 0 Å². The van der Waals surface area contributed by atoms with Crippen LogP contribution in [-0.2, 0) is 17.6 Å². The average Bonchev–Trinajstić information content (AvgIpc) is 3.04. The van der Waals surface area contributed by atoms with Crippen molar-refractivity contribution in [2.75, 3.05) is 9.74 Å². The van der Waals surface area contributed by atoms with Crippen LogP contribution >= 0.6 is 45.5 Å². The molecule has 0 spiro atoms. The Morgan fingerprint density at radius 2 is 2.15 bits per heavy atom. The first-order valence-electron chi connectivity index (χ1n) is 8.33. The fraction of sp³-hybridized carbons (Fsp3) is 0.333. The summed E-state index contributed by atoms with van der Waals surface area (Å²) in [5, 5.41) is 4.22. The van der Waals surface area contributed by atoms with Crippen LogP contribution in [0.1, 0.15) is 36.8 Å². The largest absolute Gasteiger partial charge is 0.302 e. The second-order valence-electron chi connectivity index (χ2n) is 6.30. The number of nitrogens with one attached hydrogen (secondary N) is 1. The summed E-state index contributed by atoms with van der Waals surface area (Å²) in [6.07, 6.45) is 7.55. The van der Waals surface area contributed by atoms with Crippen LogP contribution in [-0.4, -0.2) is 25.3 Å². The van der Waals surface area contributed by atoms with E-state index < -0.39 is 0 Å². The second-order valence-corrected chi connectivity index (χ2v) is 8.52. The Morgan fingerprint density at radius 1 is 1.31 bits per heavy atom. The molecule has 2 aliphatic rings. The maximum atomic E-state index is 11.3. The molecule has 0 bridgehead atoms. The third kappa shape index (κ3) is 3.44. The number of rotatable bonds is 3. The summed E-state index contributed by atoms with van der Waals surface area (Å²) in [5.74, 6) is 0.549. The fourth-order valence-corrected chi connectivity index (χ4v) is 5.05. The highest BCUT2D eigenvalue weighted by molar-refractivity contribution is 14.1. The molecule has 1 N–H and O–H groups in total. The van der Waals surface area contributed by atoms with E-state index in [2.05, 4.69) is 44.0 Å². The molecule has 2 aromatic heterocycles. The van der Waals surface area contributed by atoms with Crippen molar-refractivity contribution >= 4 is 62.1 Å². The number of carbonyl (C=O) groups excluding carboxylic acids is 1. The number of alkyl halides is 1. The standard InChI is InChI=1S/C18H16ClIN4OS/c1-9(25)22-18-23-14-5-3-11-8-21-17(24-15(11)16(14)26-18)12-6-10(7-20)2-4-13(12)19/h6,8H,2-5,7H2,1H3,(H,22,23,25). The Hall–Kier alpha value is -1.32. The maximum Gasteiger partial charge on any atom is 0.223 e. The van der Waals surface area contributed by atoms with Crippen molar-refractivity contribution in [3.63, 3.8) is 0 Å². The number of anilines is 1. The third-order valence-corrected chi connectivity index (χ3v) is 6.80. The quantitative estimate of drug-likeness (QED) is 0.489. The zero-order chi connectivity index (χ0) is 18.3. The Bertz CT molecular complexity index is 966. The highest BCUT2D eigenvalue weighted by Gasteiger charge is 2.25. The molecule has 0 saturated heterocycles. The van der Waals surface area contributed by atoms with Crippen LogP contribution in [0.4, 0.5) is 5.13 Å². The minimum atomic E-state index is -0.115. The highest BCUT2D eigenvalue weighted by atomic mass is 127. The summed E-state index contributed by atoms with van der Waals surface area (Å²) in [5.41, 5.74) is 5.30. The Morgan fingerprint density at radius 3 is 2.92 bits per heavy atom. The van der Waals surface area contributed by atoms with Gasteiger partial charge in [0.15, 0.2) is 11.0 Å². The van der Waals surface area contributed by atoms with Crippen LogP contribution in [0.25, 0.3) is 16.1 Å². The predicted octanol–water partition coefficient (Wildman–Crippen LogP) is 4.76. The Labute approximate surface area is 174 Å². The van der Waals surface area contributed by atoms with E-state index in [9.17, 15) is 4.79 Å². The van der Waals surface area contributed by atoms with Crippen LogP contribution in [0, 0.1) is 0 Å². The summed E-state index contributed by atoms with van der Waals surface area (Å²) < 4.78 is 0.982. The fourth-order valence-electron chi connectivity index (χ4n) is 3.13. The van der Waals surface area contributed by atoms with E-state index in [0.29, 0.717) is 11.0 Å². The van der Waals surface area contributed by atoms with Crippen LogP contribution < -0.4 is 5.32 Å². The number of nitrogens with zero attached hydrogens (tertiary/aromatic N) is 3. The lowest BCUT2D eigenvalue weighted by atomic mass is 9.97. The van der Waals surface area contributed by atoms with Crippen molar-refractivity contribution < 1.29 is 4.79 Å². The number of aromatic nitrogens is 3. The smallest absolute Gasteiger partial charge is 0.223 e. The van der Waals surface area contributed by atoms with Gasteiger partial charge < -0.3 is 5.32 Å². The van der Waals surface area contributed by atoms with Gasteiger partial charge in [0.1, 0.15) is 0 Å². The van der Waals surface area contributed by atoms with Crippen LogP contribution in [0.2, 0.25) is 0 Å². The monoisotopic (exact) mass is 498 g/mol. The summed E-state index contributed by atoms with van der Waals surface area (Å²) in [6.45, 7) is 1.49. The van der Waals surface area contributed by atoms with E-state index >= 15 is 0 Å². The molecule has 2 heterocycles. The lowest BCUT2D eigenvalue weighted by Gasteiger charge is -2.17. The van der Waals surface area contributed by atoms with Gasteiger partial charge in [-0.3, -0.25) is 4.79 Å². The van der Waals surface area contributed by atoms with Crippen molar-refractivity contribution in [3.05, 3.63) is 40.0 Å². The molecule has 0 aromatic carbocycles. The van der Waals surface area contributed by atoms with Crippen molar-refractivity contribution in [2.45, 2.75) is 32.6 Å². The molecular formula is C18H16ClIN4OS. The molecule has 2 aromatic rings. The Kier molecular flexibility index (Phi) is 5.11. The zero-order valence-corrected chi connectivity index (χ0v) is 17.8. The van der Waals surface area contributed by atoms with Gasteiger partial charge in [-0.15, -0.1) is 0 Å². The molecule has 5 nitrogen and oxygen atoms in total. The molecule has 0 aliphatic heterocycles. The number of hydrogen-bond acceptors (Lipinski definition) is 5. The SMILES string of the molecule is CC(=O)Nc1nc2c(s1)-c1nc(C3=C(Cl)CCC(CI)=C3)ncc1CC2. The van der Waals surface area contributed by atoms with E-state index in [-0.39, 0.29) is 5.91 Å². The third-order valence-electron chi connectivity index (χ3n) is 4.41. The molecule has 1 amide bonds. The number of allylic oxidation sites excluding steroid dienone is 4. The predicted molar refractivity (Wildman–Crippen MR) is 114 cm³/mol. The van der Waals surface area contributed by atoms with Crippen LogP contribution in [0.15, 0.2) is 22.9 Å². The van der Waals surface area contributed by atoms with Crippen molar-refractivity contribution in [1.82, 2.24) is 15.0 Å². The Balaban J connectivity index is 1.77. The number of halogens is 2. The molecular weight excluding hydrogens is 483 g/mol. The van der Waals surface area contributed by atoms with Gasteiger partial charge >= 0.3 is 0 Å². The highest BCUT2D eigenvalue weighted by Crippen LogP contribution is 2.39. The number of carbonyl (C=O) groups is 1. The van der Waals surface area contributed by atoms with E-state index in [0.717, 1.165) is 62.5 Å². The second kappa shape index (κ2) is 7.36. The molecule has 2 aliphatic carbocycles. The van der Waals surface area contributed by atoms with Gasteiger partial charge in [0.05, 0.1) is 16.3 Å². The maximum absolute atomic E-state index is 11.3. The van der Waals surface area contributed by atoms with Gasteiger partial charge in [0.2, 0.25) is 5.91 Å². The first-order valence-corrected chi connectivity index (χ1v) is 11.0. The average molecular weight is 499 g/mol. The number of hydrogen-bond donors (Lipinski definition) is 1. The normalized spacial score (nSPS) is 16.0. The van der Waals surface area contributed by atoms with E-state index in [1.165, 1.54) is 23.8 Å².